The number of anilines is 1. The van der Waals surface area contributed by atoms with Gasteiger partial charge in [0.15, 0.2) is 0 Å². The summed E-state index contributed by atoms with van der Waals surface area (Å²) in [6.45, 7) is 17.5. The molecule has 0 spiro atoms. The van der Waals surface area contributed by atoms with E-state index in [2.05, 4.69) is 61.9 Å². The smallest absolute Gasteiger partial charge is 0.323 e. The lowest BCUT2D eigenvalue weighted by Gasteiger charge is -2.41. The first-order valence-corrected chi connectivity index (χ1v) is 23.6. The second kappa shape index (κ2) is 24.6. The van der Waals surface area contributed by atoms with Crippen LogP contribution in [0.5, 0.6) is 0 Å². The number of benzene rings is 1. The predicted octanol–water partition coefficient (Wildman–Crippen LogP) is 6.01. The van der Waals surface area contributed by atoms with Gasteiger partial charge in [0.05, 0.1) is 43.9 Å². The maximum Gasteiger partial charge on any atom is 0.323 e. The van der Waals surface area contributed by atoms with Crippen LogP contribution in [0.3, 0.4) is 0 Å². The Balaban J connectivity index is 1.45. The van der Waals surface area contributed by atoms with Crippen LogP contribution in [0.1, 0.15) is 99.5 Å². The lowest BCUT2D eigenvalue weighted by molar-refractivity contribution is -0.147. The van der Waals surface area contributed by atoms with E-state index in [1.54, 1.807) is 26.2 Å². The number of methoxy groups -OCH3 is 3. The summed E-state index contributed by atoms with van der Waals surface area (Å²) in [6.07, 6.45) is 8.68. The highest BCUT2D eigenvalue weighted by Gasteiger charge is 2.51. The van der Waals surface area contributed by atoms with E-state index in [9.17, 15) is 19.2 Å². The molecule has 3 unspecified atom stereocenters. The number of ether oxygens (including phenoxy) is 4. The van der Waals surface area contributed by atoms with Crippen LogP contribution in [-0.4, -0.2) is 142 Å². The maximum atomic E-state index is 14.6. The highest BCUT2D eigenvalue weighted by Crippen LogP contribution is 2.37. The Bertz CT molecular complexity index is 1750. The average molecular weight is 895 g/mol. The fraction of sp³-hybridized carbons (Fsp3) is 0.720. The van der Waals surface area contributed by atoms with Crippen molar-refractivity contribution in [2.24, 2.45) is 29.6 Å². The number of carbonyl (C=O) groups is 4. The van der Waals surface area contributed by atoms with Gasteiger partial charge >= 0.3 is 5.97 Å². The number of hydrogen-bond acceptors (Lipinski definition) is 11. The topological polar surface area (TPSA) is 154 Å². The van der Waals surface area contributed by atoms with E-state index in [-0.39, 0.29) is 78.3 Å². The molecule has 360 valence electrons. The zero-order valence-electron chi connectivity index (χ0n) is 41.4. The Morgan fingerprint density at radius 3 is 2.31 bits per heavy atom. The van der Waals surface area contributed by atoms with Crippen molar-refractivity contribution in [3.63, 3.8) is 0 Å². The molecule has 4 rings (SSSR count). The van der Waals surface area contributed by atoms with Gasteiger partial charge in [0, 0.05) is 53.0 Å². The number of hydrogen-bond donors (Lipinski definition) is 3. The minimum absolute atomic E-state index is 0.0150. The van der Waals surface area contributed by atoms with E-state index < -0.39 is 30.3 Å². The average Bonchev–Trinajstić information content (AvgIpc) is 3.87. The van der Waals surface area contributed by atoms with Crippen LogP contribution < -0.4 is 16.0 Å². The summed E-state index contributed by atoms with van der Waals surface area (Å²) in [5.74, 6) is -0.710. The second-order valence-corrected chi connectivity index (χ2v) is 19.3. The van der Waals surface area contributed by atoms with Crippen molar-refractivity contribution >= 4 is 29.4 Å². The number of allylic oxidation sites excluding steroid dienone is 3. The van der Waals surface area contributed by atoms with E-state index in [1.807, 2.05) is 75.9 Å². The van der Waals surface area contributed by atoms with Gasteiger partial charge in [-0.2, -0.15) is 0 Å². The molecule has 64 heavy (non-hydrogen) atoms. The van der Waals surface area contributed by atoms with Gasteiger partial charge in [-0.25, -0.2) is 0 Å². The normalized spacial score (nSPS) is 23.5. The van der Waals surface area contributed by atoms with Crippen LogP contribution in [0.15, 0.2) is 48.1 Å². The van der Waals surface area contributed by atoms with E-state index >= 15 is 0 Å². The molecule has 2 fully saturated rings. The summed E-state index contributed by atoms with van der Waals surface area (Å²) in [6, 6.07) is 5.68. The van der Waals surface area contributed by atoms with Crippen LogP contribution in [0, 0.1) is 29.6 Å². The van der Waals surface area contributed by atoms with Gasteiger partial charge in [0.1, 0.15) is 24.4 Å². The molecule has 3 amide bonds. The molecular formula is C50H82N6O8. The Morgan fingerprint density at radius 2 is 1.72 bits per heavy atom. The minimum Gasteiger partial charge on any atom is -0.468 e. The molecule has 2 saturated heterocycles. The third-order valence-electron chi connectivity index (χ3n) is 13.8. The molecule has 0 radical (unpaired) electrons. The van der Waals surface area contributed by atoms with Gasteiger partial charge in [0.2, 0.25) is 17.7 Å². The van der Waals surface area contributed by atoms with Crippen molar-refractivity contribution in [2.75, 3.05) is 54.3 Å². The molecule has 14 heteroatoms. The van der Waals surface area contributed by atoms with Gasteiger partial charge in [0.25, 0.3) is 0 Å². The van der Waals surface area contributed by atoms with Gasteiger partial charge in [-0.15, -0.1) is 0 Å². The van der Waals surface area contributed by atoms with Crippen LogP contribution in [0.2, 0.25) is 0 Å². The monoisotopic (exact) mass is 895 g/mol. The Morgan fingerprint density at radius 1 is 1.00 bits per heavy atom. The van der Waals surface area contributed by atoms with Crippen molar-refractivity contribution in [1.82, 2.24) is 25.3 Å². The van der Waals surface area contributed by atoms with Crippen molar-refractivity contribution in [3.05, 3.63) is 53.6 Å². The molecule has 1 aromatic rings. The first-order valence-electron chi connectivity index (χ1n) is 23.6. The molecule has 2 aliphatic heterocycles. The number of carbonyl (C=O) groups excluding carboxylic acids is 4. The van der Waals surface area contributed by atoms with Gasteiger partial charge < -0.3 is 39.4 Å². The number of rotatable bonds is 25. The Hall–Kier alpha value is -3.82. The summed E-state index contributed by atoms with van der Waals surface area (Å²) in [5.41, 5.74) is 3.26. The van der Waals surface area contributed by atoms with E-state index in [4.69, 9.17) is 18.9 Å². The third-order valence-corrected chi connectivity index (χ3v) is 13.8. The molecule has 3 N–H and O–H groups in total. The van der Waals surface area contributed by atoms with Crippen LogP contribution in [0.25, 0.3) is 0 Å². The fourth-order valence-electron chi connectivity index (χ4n) is 10.1. The minimum atomic E-state index is -0.789. The zero-order chi connectivity index (χ0) is 47.4. The Labute approximate surface area is 384 Å². The summed E-state index contributed by atoms with van der Waals surface area (Å²) in [4.78, 5) is 61.8. The van der Waals surface area contributed by atoms with Crippen molar-refractivity contribution in [3.8, 4) is 0 Å². The molecular weight excluding hydrogens is 813 g/mol. The van der Waals surface area contributed by atoms with Crippen LogP contribution in [0.4, 0.5) is 5.69 Å². The number of nitrogens with one attached hydrogen (secondary N) is 3. The van der Waals surface area contributed by atoms with E-state index in [0.29, 0.717) is 25.4 Å². The molecule has 12 atom stereocenters. The quantitative estimate of drug-likeness (QED) is 0.0781. The molecule has 1 aromatic carbocycles. The van der Waals surface area contributed by atoms with Crippen LogP contribution in [-0.2, 0) is 44.7 Å². The number of likely N-dealkylation sites (tertiary alicyclic amines) is 1. The fourth-order valence-corrected chi connectivity index (χ4v) is 10.1. The number of epoxide rings is 1. The highest BCUT2D eigenvalue weighted by atomic mass is 16.6. The molecule has 0 saturated carbocycles. The number of likely N-dealkylation sites (N-methyl/N-ethyl adjacent to an activating group) is 2. The first-order chi connectivity index (χ1) is 30.4. The second-order valence-electron chi connectivity index (χ2n) is 19.3. The zero-order valence-corrected chi connectivity index (χ0v) is 41.4. The van der Waals surface area contributed by atoms with Gasteiger partial charge in [-0.3, -0.25) is 29.4 Å². The SMILES string of the molecule is CC[C@H](C)[C@@H]([C@@H](CC(=O)N1CCC[C@H]1[C@H](OC)[C@@H](C)C1OC1N[C@@H](CC1=CC=CC(C)C1)C(=O)OC)OC)N(C)C(=O)[C@@H](NC(=O)[C@H](C(C)C)N(C)Cc1cccc(NC)c1)C(C)C. The molecule has 14 nitrogen and oxygen atoms in total. The standard InChI is InChI=1S/C50H82N6O8/c1-15-33(7)44(55(11)49(59)42(30(2)3)53-47(58)43(31(4)5)54(10)29-36-21-17-22-37(26-36)51-9)40(61-12)28-41(57)56-24-18-23-39(56)45(62-13)34(8)46-48(64-46)52-38(50(60)63-14)27-35-20-16-19-32(6)25-35/h16-17,19-22,26,30-34,38-40,42-46,48,51-52H,15,18,23-25,27-29H2,1-14H3,(H,53,58)/t32?,33-,34+,38-,39-,40+,42-,43-,44-,45+,46?,48?/m0/s1. The Kier molecular flexibility index (Phi) is 20.3. The van der Waals surface area contributed by atoms with Crippen molar-refractivity contribution in [2.45, 2.75) is 155 Å². The van der Waals surface area contributed by atoms with E-state index in [0.717, 1.165) is 36.9 Å². The molecule has 0 bridgehead atoms. The number of nitrogens with zero attached hydrogens (tertiary/aromatic N) is 3. The number of amides is 3. The van der Waals surface area contributed by atoms with Crippen molar-refractivity contribution in [1.29, 1.82) is 0 Å². The molecule has 1 aliphatic carbocycles. The van der Waals surface area contributed by atoms with Crippen molar-refractivity contribution < 1.29 is 38.1 Å². The molecule has 3 aliphatic rings. The highest BCUT2D eigenvalue weighted by molar-refractivity contribution is 5.90. The van der Waals surface area contributed by atoms with Gasteiger partial charge in [-0.05, 0) is 74.1 Å². The lowest BCUT2D eigenvalue weighted by atomic mass is 9.89. The predicted molar refractivity (Wildman–Crippen MR) is 252 cm³/mol. The first kappa shape index (κ1) is 52.8. The van der Waals surface area contributed by atoms with Gasteiger partial charge in [-0.1, -0.05) is 97.7 Å². The molecule has 2 heterocycles. The summed E-state index contributed by atoms with van der Waals surface area (Å²) in [7, 11) is 10.3. The summed E-state index contributed by atoms with van der Waals surface area (Å²) >= 11 is 0. The lowest BCUT2D eigenvalue weighted by Crippen LogP contribution is -2.60. The summed E-state index contributed by atoms with van der Waals surface area (Å²) < 4.78 is 23.6. The largest absolute Gasteiger partial charge is 0.468 e. The molecule has 0 aromatic heterocycles. The summed E-state index contributed by atoms with van der Waals surface area (Å²) in [5, 5.41) is 9.73. The third kappa shape index (κ3) is 13.6. The number of esters is 1. The van der Waals surface area contributed by atoms with E-state index in [1.165, 1.54) is 12.7 Å². The van der Waals surface area contributed by atoms with Crippen LogP contribution >= 0.6 is 0 Å². The maximum absolute atomic E-state index is 14.6.